The molecule has 0 saturated carbocycles. The smallest absolute Gasteiger partial charge is 0.195 e. The number of rotatable bonds is 3. The molecule has 4 N–H and O–H groups in total. The van der Waals surface area contributed by atoms with E-state index in [1.54, 1.807) is 12.3 Å². The Morgan fingerprint density at radius 3 is 3.00 bits per heavy atom. The lowest BCUT2D eigenvalue weighted by atomic mass is 10.0. The number of nitrogen functional groups attached to an aromatic ring is 1. The van der Waals surface area contributed by atoms with Crippen LogP contribution in [-0.2, 0) is 4.74 Å². The number of pyridine rings is 1. The lowest BCUT2D eigenvalue weighted by molar-refractivity contribution is 0.0404. The highest BCUT2D eigenvalue weighted by Crippen LogP contribution is 2.23. The number of aromatic nitrogens is 1. The summed E-state index contributed by atoms with van der Waals surface area (Å²) in [5.41, 5.74) is 12.1. The van der Waals surface area contributed by atoms with Crippen molar-refractivity contribution in [1.82, 2.24) is 4.98 Å². The first kappa shape index (κ1) is 11.0. The summed E-state index contributed by atoms with van der Waals surface area (Å²) < 4.78 is 5.52. The molecule has 1 aliphatic rings. The maximum absolute atomic E-state index is 12.0. The van der Waals surface area contributed by atoms with Crippen molar-refractivity contribution < 1.29 is 9.53 Å². The van der Waals surface area contributed by atoms with Crippen LogP contribution in [0, 0.1) is 0 Å². The largest absolute Gasteiger partial charge is 0.398 e. The minimum atomic E-state index is -0.417. The molecule has 1 saturated heterocycles. The standard InChI is InChI=1S/C11H15N3O2/c12-5-7-1-2-10(16-7)11(15)8-6-14-4-3-9(8)13/h3-4,6-7,10H,1-2,5,12H2,(H2,13,14). The predicted molar refractivity (Wildman–Crippen MR) is 59.9 cm³/mol. The van der Waals surface area contributed by atoms with Crippen molar-refractivity contribution >= 4 is 11.5 Å². The molecule has 0 radical (unpaired) electrons. The van der Waals surface area contributed by atoms with Crippen molar-refractivity contribution in [3.05, 3.63) is 24.0 Å². The number of anilines is 1. The maximum Gasteiger partial charge on any atom is 0.195 e. The summed E-state index contributed by atoms with van der Waals surface area (Å²) in [6.45, 7) is 0.451. The van der Waals surface area contributed by atoms with Crippen LogP contribution in [0.4, 0.5) is 5.69 Å². The third-order valence-corrected chi connectivity index (χ3v) is 2.78. The lowest BCUT2D eigenvalue weighted by Crippen LogP contribution is -2.25. The van der Waals surface area contributed by atoms with E-state index in [-0.39, 0.29) is 11.9 Å². The number of ketones is 1. The first-order chi connectivity index (χ1) is 7.72. The molecular weight excluding hydrogens is 206 g/mol. The van der Waals surface area contributed by atoms with Crippen molar-refractivity contribution in [3.63, 3.8) is 0 Å². The second-order valence-electron chi connectivity index (χ2n) is 3.89. The van der Waals surface area contributed by atoms with Gasteiger partial charge in [-0.05, 0) is 18.9 Å². The number of Topliss-reactive ketones (excluding diaryl/α,β-unsaturated/α-hetero) is 1. The summed E-state index contributed by atoms with van der Waals surface area (Å²) in [7, 11) is 0. The van der Waals surface area contributed by atoms with Gasteiger partial charge in [0.1, 0.15) is 6.10 Å². The highest BCUT2D eigenvalue weighted by atomic mass is 16.5. The normalized spacial score (nSPS) is 24.6. The number of nitrogens with zero attached hydrogens (tertiary/aromatic N) is 1. The molecule has 0 amide bonds. The van der Waals surface area contributed by atoms with E-state index in [0.29, 0.717) is 24.2 Å². The molecule has 2 rings (SSSR count). The maximum atomic E-state index is 12.0. The Kier molecular flexibility index (Phi) is 3.17. The van der Waals surface area contributed by atoms with E-state index in [1.165, 1.54) is 6.20 Å². The van der Waals surface area contributed by atoms with Crippen molar-refractivity contribution in [2.45, 2.75) is 25.0 Å². The van der Waals surface area contributed by atoms with E-state index in [4.69, 9.17) is 16.2 Å². The van der Waals surface area contributed by atoms with Crippen LogP contribution in [-0.4, -0.2) is 29.5 Å². The number of hydrogen-bond acceptors (Lipinski definition) is 5. The monoisotopic (exact) mass is 221 g/mol. The van der Waals surface area contributed by atoms with Gasteiger partial charge in [-0.15, -0.1) is 0 Å². The van der Waals surface area contributed by atoms with Crippen LogP contribution >= 0.6 is 0 Å². The van der Waals surface area contributed by atoms with Crippen LogP contribution in [0.3, 0.4) is 0 Å². The van der Waals surface area contributed by atoms with Crippen molar-refractivity contribution in [2.24, 2.45) is 5.73 Å². The summed E-state index contributed by atoms with van der Waals surface area (Å²) >= 11 is 0. The molecule has 0 spiro atoms. The molecule has 5 heteroatoms. The van der Waals surface area contributed by atoms with Gasteiger partial charge in [-0.2, -0.15) is 0 Å². The summed E-state index contributed by atoms with van der Waals surface area (Å²) in [5, 5.41) is 0. The number of hydrogen-bond donors (Lipinski definition) is 2. The first-order valence-electron chi connectivity index (χ1n) is 5.31. The second kappa shape index (κ2) is 4.59. The summed E-state index contributed by atoms with van der Waals surface area (Å²) in [5.74, 6) is -0.0958. The van der Waals surface area contributed by atoms with E-state index in [0.717, 1.165) is 6.42 Å². The Bertz CT molecular complexity index is 395. The zero-order valence-corrected chi connectivity index (χ0v) is 8.93. The summed E-state index contributed by atoms with van der Waals surface area (Å²) in [6, 6.07) is 1.61. The molecule has 2 heterocycles. The van der Waals surface area contributed by atoms with E-state index in [9.17, 15) is 4.79 Å². The van der Waals surface area contributed by atoms with E-state index in [2.05, 4.69) is 4.98 Å². The van der Waals surface area contributed by atoms with Crippen LogP contribution in [0.5, 0.6) is 0 Å². The van der Waals surface area contributed by atoms with E-state index < -0.39 is 6.10 Å². The van der Waals surface area contributed by atoms with E-state index in [1.807, 2.05) is 0 Å². The first-order valence-corrected chi connectivity index (χ1v) is 5.31. The van der Waals surface area contributed by atoms with Crippen LogP contribution in [0.25, 0.3) is 0 Å². The van der Waals surface area contributed by atoms with E-state index >= 15 is 0 Å². The number of ether oxygens (including phenoxy) is 1. The van der Waals surface area contributed by atoms with Gasteiger partial charge >= 0.3 is 0 Å². The molecule has 86 valence electrons. The zero-order valence-electron chi connectivity index (χ0n) is 8.93. The predicted octanol–water partition coefficient (Wildman–Crippen LogP) is 0.353. The number of carbonyl (C=O) groups excluding carboxylic acids is 1. The Balaban J connectivity index is 2.12. The van der Waals surface area contributed by atoms with Crippen molar-refractivity contribution in [3.8, 4) is 0 Å². The number of carbonyl (C=O) groups is 1. The molecule has 0 aromatic carbocycles. The molecule has 2 atom stereocenters. The molecule has 16 heavy (non-hydrogen) atoms. The van der Waals surface area contributed by atoms with Crippen LogP contribution in [0.2, 0.25) is 0 Å². The van der Waals surface area contributed by atoms with Crippen LogP contribution < -0.4 is 11.5 Å². The van der Waals surface area contributed by atoms with Crippen molar-refractivity contribution in [2.75, 3.05) is 12.3 Å². The fourth-order valence-electron chi connectivity index (χ4n) is 1.86. The Morgan fingerprint density at radius 1 is 1.56 bits per heavy atom. The molecule has 1 aliphatic heterocycles. The molecule has 2 unspecified atom stereocenters. The van der Waals surface area contributed by atoms with Gasteiger partial charge in [0.2, 0.25) is 0 Å². The van der Waals surface area contributed by atoms with Gasteiger partial charge in [-0.1, -0.05) is 0 Å². The third-order valence-electron chi connectivity index (χ3n) is 2.78. The van der Waals surface area contributed by atoms with Gasteiger partial charge < -0.3 is 16.2 Å². The van der Waals surface area contributed by atoms with Gasteiger partial charge in [0.25, 0.3) is 0 Å². The minimum Gasteiger partial charge on any atom is -0.398 e. The lowest BCUT2D eigenvalue weighted by Gasteiger charge is -2.12. The average molecular weight is 221 g/mol. The highest BCUT2D eigenvalue weighted by Gasteiger charge is 2.31. The summed E-state index contributed by atoms with van der Waals surface area (Å²) in [6.07, 6.45) is 4.15. The fraction of sp³-hybridized carbons (Fsp3) is 0.455. The molecule has 1 aromatic rings. The highest BCUT2D eigenvalue weighted by molar-refractivity contribution is 6.03. The Morgan fingerprint density at radius 2 is 2.38 bits per heavy atom. The van der Waals surface area contributed by atoms with Gasteiger partial charge in [0.15, 0.2) is 5.78 Å². The van der Waals surface area contributed by atoms with Gasteiger partial charge in [0.05, 0.1) is 11.7 Å². The quantitative estimate of drug-likeness (QED) is 0.719. The molecule has 1 fully saturated rings. The van der Waals surface area contributed by atoms with Gasteiger partial charge in [-0.25, -0.2) is 0 Å². The SMILES string of the molecule is NCC1CCC(C(=O)c2cnccc2N)O1. The second-order valence-corrected chi connectivity index (χ2v) is 3.89. The number of nitrogens with two attached hydrogens (primary N) is 2. The molecule has 0 bridgehead atoms. The molecule has 0 aliphatic carbocycles. The zero-order chi connectivity index (χ0) is 11.5. The summed E-state index contributed by atoms with van der Waals surface area (Å²) in [4.78, 5) is 15.9. The Labute approximate surface area is 93.8 Å². The van der Waals surface area contributed by atoms with Crippen molar-refractivity contribution in [1.29, 1.82) is 0 Å². The van der Waals surface area contributed by atoms with Crippen LogP contribution in [0.15, 0.2) is 18.5 Å². The molecular formula is C11H15N3O2. The molecule has 5 nitrogen and oxygen atoms in total. The van der Waals surface area contributed by atoms with Gasteiger partial charge in [0, 0.05) is 24.6 Å². The average Bonchev–Trinajstić information content (AvgIpc) is 2.77. The molecule has 1 aromatic heterocycles. The third kappa shape index (κ3) is 2.05. The topological polar surface area (TPSA) is 91.2 Å². The minimum absolute atomic E-state index is 0.00755. The Hall–Kier alpha value is -1.46. The van der Waals surface area contributed by atoms with Crippen LogP contribution in [0.1, 0.15) is 23.2 Å². The fourth-order valence-corrected chi connectivity index (χ4v) is 1.86. The van der Waals surface area contributed by atoms with Gasteiger partial charge in [-0.3, -0.25) is 9.78 Å².